The molecule has 520 valence electrons. The molecule has 0 bridgehead atoms. The molecule has 0 saturated carbocycles. The summed E-state index contributed by atoms with van der Waals surface area (Å²) in [5, 5.41) is 0. The third-order valence-corrected chi connectivity index (χ3v) is 37.1. The first kappa shape index (κ1) is 87.2. The van der Waals surface area contributed by atoms with E-state index in [-0.39, 0.29) is 42.9 Å². The molecule has 0 unspecified atom stereocenters. The topological polar surface area (TPSA) is 0 Å². The van der Waals surface area contributed by atoms with Gasteiger partial charge in [-0.05, 0) is 0 Å². The van der Waals surface area contributed by atoms with Gasteiger partial charge in [0.05, 0.1) is 0 Å². The predicted octanol–water partition coefficient (Wildman–Crippen LogP) is 23.5. The predicted molar refractivity (Wildman–Crippen MR) is 439 cm³/mol. The van der Waals surface area contributed by atoms with Crippen molar-refractivity contribution < 1.29 is 0 Å². The van der Waals surface area contributed by atoms with E-state index in [1.807, 2.05) is 0 Å². The third kappa shape index (κ3) is 23.3. The zero-order chi connectivity index (χ0) is 71.6. The van der Waals surface area contributed by atoms with Crippen LogP contribution in [0.4, 0.5) is 0 Å². The Balaban J connectivity index is 0.000000370. The Hall–Kier alpha value is -1.99. The maximum atomic E-state index is 2.56. The quantitative estimate of drug-likeness (QED) is 0.0530. The summed E-state index contributed by atoms with van der Waals surface area (Å²) < 4.78 is 10.4. The first-order chi connectivity index (χ1) is 43.5. The Bertz CT molecular complexity index is 2890. The minimum atomic E-state index is -0.436. The molecule has 0 aliphatic rings. The molecule has 0 aliphatic carbocycles. The Labute approximate surface area is 623 Å². The second-order valence-corrected chi connectivity index (χ2v) is 47.6. The van der Waals surface area contributed by atoms with Gasteiger partial charge in [-0.3, -0.25) is 0 Å². The van der Waals surface area contributed by atoms with Gasteiger partial charge in [-0.1, -0.05) is 0 Å². The Morgan fingerprint density at radius 3 is 0.326 bits per heavy atom. The van der Waals surface area contributed by atoms with Crippen molar-refractivity contribution in [1.29, 1.82) is 0 Å². The maximum Gasteiger partial charge on any atom is 0 e. The summed E-state index contributed by atoms with van der Waals surface area (Å²) in [4.78, 5) is 0. The van der Waals surface area contributed by atoms with Crippen molar-refractivity contribution in [2.24, 2.45) is 0 Å². The zero-order valence-corrected chi connectivity index (χ0v) is 77.8. The molecule has 0 nitrogen and oxygen atoms in total. The van der Waals surface area contributed by atoms with E-state index in [0.29, 0.717) is 107 Å². The van der Waals surface area contributed by atoms with Gasteiger partial charge in [0.15, 0.2) is 0 Å². The fraction of sp³-hybridized carbons (Fsp3) is 0.600. The van der Waals surface area contributed by atoms with Crippen LogP contribution in [-0.2, 0) is 0 Å². The Kier molecular flexibility index (Phi) is 35.7. The summed E-state index contributed by atoms with van der Waals surface area (Å²) in [5.41, 5.74) is 28.5. The molecule has 95 heavy (non-hydrogen) atoms. The van der Waals surface area contributed by atoms with Crippen molar-refractivity contribution >= 4 is 100 Å². The normalized spacial score (nSPS) is 12.4. The van der Waals surface area contributed by atoms with Crippen molar-refractivity contribution in [2.45, 2.75) is 356 Å². The van der Waals surface area contributed by atoms with Crippen molar-refractivity contribution in [3.05, 3.63) is 173 Å². The van der Waals surface area contributed by atoms with Crippen LogP contribution in [0.2, 0.25) is 0 Å². The fourth-order valence-corrected chi connectivity index (χ4v) is 36.3. The van der Waals surface area contributed by atoms with Crippen LogP contribution in [0.1, 0.15) is 456 Å². The van der Waals surface area contributed by atoms with E-state index < -0.39 is 30.9 Å². The number of hydrogen-bond donors (Lipinski definition) is 0. The van der Waals surface area contributed by atoms with Gasteiger partial charge >= 0.3 is 612 Å². The van der Waals surface area contributed by atoms with Crippen LogP contribution in [0.25, 0.3) is 0 Å². The smallest absolute Gasteiger partial charge is 0 e. The summed E-state index contributed by atoms with van der Waals surface area (Å²) in [5.74, 6) is 10.4. The summed E-state index contributed by atoms with van der Waals surface area (Å²) in [7, 11) is 0. The molecule has 6 rings (SSSR count). The molecule has 0 aliphatic heterocycles. The summed E-state index contributed by atoms with van der Waals surface area (Å²) >= 11 is -1.17. The molecule has 0 fully saturated rings. The third-order valence-electron chi connectivity index (χ3n) is 19.6. The first-order valence-corrected chi connectivity index (χ1v) is 50.5. The maximum absolute atomic E-state index is 2.56. The summed E-state index contributed by atoms with van der Waals surface area (Å²) in [6.45, 7) is 85.3. The second kappa shape index (κ2) is 38.9. The standard InChI is InChI=1S/C30H46Ge2.2C30H46Ge.Se/c1-17(2)23-13-25(19(5)6)29(26(14-23)20(7)8)31-32-30-27(21(9)10)15-24(18(3)4)16-28(30)22(11)12;2*1-17(2)23-13-25(19(5)6)29(26(14-23)20(7)8)31-30-27(21(9)10)15-24(18(3)4)16-28(30)22(11)12;/h13-22H,1-12H3;2*13-22H,1-12H3;. The van der Waals surface area contributed by atoms with Gasteiger partial charge in [0.1, 0.15) is 0 Å². The number of benzene rings is 6. The van der Waals surface area contributed by atoms with Gasteiger partial charge in [-0.2, -0.15) is 0 Å². The molecular formula is C90H138Ge4Se. The molecule has 0 heterocycles. The second-order valence-electron chi connectivity index (χ2n) is 33.7. The van der Waals surface area contributed by atoms with Gasteiger partial charge in [-0.25, -0.2) is 0 Å². The van der Waals surface area contributed by atoms with Gasteiger partial charge in [-0.15, -0.1) is 0 Å². The molecule has 0 spiro atoms. The van der Waals surface area contributed by atoms with E-state index in [0.717, 1.165) is 0 Å². The van der Waals surface area contributed by atoms with Gasteiger partial charge in [0.25, 0.3) is 0 Å². The van der Waals surface area contributed by atoms with E-state index in [2.05, 4.69) is 322 Å². The molecule has 0 saturated heterocycles. The first-order valence-electron chi connectivity index (χ1n) is 37.7. The molecule has 5 heteroatoms. The van der Waals surface area contributed by atoms with Crippen LogP contribution in [-0.4, -0.2) is 73.8 Å². The monoisotopic (exact) mass is 1590 g/mol. The van der Waals surface area contributed by atoms with Crippen molar-refractivity contribution in [3.8, 4) is 0 Å². The molecule has 6 aromatic carbocycles. The average Bonchev–Trinajstić information content (AvgIpc) is 0.791. The molecule has 6 aromatic rings. The fourth-order valence-electron chi connectivity index (χ4n) is 13.0. The van der Waals surface area contributed by atoms with Crippen molar-refractivity contribution in [2.75, 3.05) is 0 Å². The zero-order valence-electron chi connectivity index (χ0n) is 67.7. The number of hydrogen-bond acceptors (Lipinski definition) is 0. The molecule has 8 radical (unpaired) electrons. The van der Waals surface area contributed by atoms with Crippen molar-refractivity contribution in [1.82, 2.24) is 0 Å². The van der Waals surface area contributed by atoms with Crippen LogP contribution in [0.5, 0.6) is 0 Å². The largest absolute Gasteiger partial charge is 0 e. The molecule has 0 amide bonds. The Morgan fingerprint density at radius 2 is 0.242 bits per heavy atom. The summed E-state index contributed by atoms with van der Waals surface area (Å²) in [6, 6.07) is 30.5. The SMILES string of the molecule is CC(C)c1cc(C(C)C)[c]([Ge]=[Ge][c]2c(C(C)C)cc(C(C)C)cc2C(C)C)c(C(C)C)c1.CC(C)c1cc(C(C)C)[c]([Ge][c]2c(C(C)C)cc(C(C)C)cc2C(C)C)c(C(C)C)c1.CC(C)c1cc(C(C)C)[c]([Ge][c]2c(C(C)C)cc(C(C)C)cc2C(C)C)c(C(C)C)c1.[Se]. The minimum Gasteiger partial charge on any atom is 0 e. The van der Waals surface area contributed by atoms with Crippen molar-refractivity contribution in [3.63, 3.8) is 0 Å². The van der Waals surface area contributed by atoms with E-state index in [1.54, 1.807) is 93.1 Å². The minimum absolute atomic E-state index is 0. The number of rotatable bonds is 24. The van der Waals surface area contributed by atoms with Crippen LogP contribution in [0, 0.1) is 0 Å². The Morgan fingerprint density at radius 1 is 0.147 bits per heavy atom. The van der Waals surface area contributed by atoms with E-state index in [9.17, 15) is 0 Å². The van der Waals surface area contributed by atoms with Crippen LogP contribution < -0.4 is 26.4 Å². The van der Waals surface area contributed by atoms with E-state index >= 15 is 0 Å². The van der Waals surface area contributed by atoms with Gasteiger partial charge < -0.3 is 0 Å². The van der Waals surface area contributed by atoms with E-state index in [1.165, 1.54) is 33.4 Å². The molecular weight excluding hydrogens is 1450 g/mol. The van der Waals surface area contributed by atoms with Gasteiger partial charge in [0, 0.05) is 17.1 Å². The molecule has 0 N–H and O–H groups in total. The molecule has 0 atom stereocenters. The van der Waals surface area contributed by atoms with E-state index in [4.69, 9.17) is 0 Å². The average molecular weight is 1590 g/mol. The summed E-state index contributed by atoms with van der Waals surface area (Å²) in [6.07, 6.45) is 0. The van der Waals surface area contributed by atoms with Crippen LogP contribution in [0.3, 0.4) is 0 Å². The van der Waals surface area contributed by atoms with Crippen LogP contribution >= 0.6 is 0 Å². The van der Waals surface area contributed by atoms with Crippen LogP contribution in [0.15, 0.2) is 72.8 Å². The van der Waals surface area contributed by atoms with Gasteiger partial charge in [0.2, 0.25) is 0 Å². The molecule has 0 aromatic heterocycles.